The summed E-state index contributed by atoms with van der Waals surface area (Å²) >= 11 is 0. The molecule has 0 atom stereocenters. The second-order valence-corrected chi connectivity index (χ2v) is 8.54. The average Bonchev–Trinajstić information content (AvgIpc) is 2.66. The molecule has 0 aliphatic heterocycles. The maximum atomic E-state index is 13.8. The van der Waals surface area contributed by atoms with Crippen molar-refractivity contribution in [1.29, 1.82) is 0 Å². The fourth-order valence-corrected chi connectivity index (χ4v) is 2.63. The molecule has 0 radical (unpaired) electrons. The molecule has 1 aromatic rings. The van der Waals surface area contributed by atoms with Gasteiger partial charge in [-0.15, -0.1) is 0 Å². The summed E-state index contributed by atoms with van der Waals surface area (Å²) in [6, 6.07) is 3.52. The summed E-state index contributed by atoms with van der Waals surface area (Å²) in [7, 11) is 0. The molecular formula is C19H16F15NO. The number of aromatic hydroxyl groups is 1. The van der Waals surface area contributed by atoms with Gasteiger partial charge in [0.2, 0.25) is 0 Å². The number of nitrogens with zero attached hydrogens (tertiary/aromatic N) is 1. The molecule has 0 bridgehead atoms. The van der Waals surface area contributed by atoms with Crippen LogP contribution in [0.4, 0.5) is 65.9 Å². The van der Waals surface area contributed by atoms with Crippen LogP contribution < -0.4 is 0 Å². The highest BCUT2D eigenvalue weighted by Gasteiger charge is 2.93. The third-order valence-corrected chi connectivity index (χ3v) is 4.79. The van der Waals surface area contributed by atoms with Crippen LogP contribution in [0.2, 0.25) is 0 Å². The van der Waals surface area contributed by atoms with Gasteiger partial charge < -0.3 is 5.11 Å². The first-order valence-corrected chi connectivity index (χ1v) is 9.27. The zero-order valence-electron chi connectivity index (χ0n) is 18.1. The summed E-state index contributed by atoms with van der Waals surface area (Å²) in [6.45, 7) is 1.85. The predicted octanol–water partition coefficient (Wildman–Crippen LogP) is 7.48. The Hall–Kier alpha value is -2.36. The minimum atomic E-state index is -8.34. The maximum absolute atomic E-state index is 13.8. The summed E-state index contributed by atoms with van der Waals surface area (Å²) in [6.07, 6.45) is -7.45. The lowest BCUT2D eigenvalue weighted by Gasteiger charge is -2.41. The molecule has 0 aliphatic carbocycles. The number of alkyl halides is 15. The summed E-state index contributed by atoms with van der Waals surface area (Å²) in [5.41, 5.74) is -1.08. The van der Waals surface area contributed by atoms with Crippen LogP contribution in [-0.2, 0) is 5.41 Å². The van der Waals surface area contributed by atoms with E-state index >= 15 is 0 Å². The third-order valence-electron chi connectivity index (χ3n) is 4.79. The molecule has 17 heteroatoms. The van der Waals surface area contributed by atoms with E-state index < -0.39 is 65.0 Å². The number of halogens is 15. The van der Waals surface area contributed by atoms with Gasteiger partial charge in [0.25, 0.3) is 0 Å². The minimum absolute atomic E-state index is 0.155. The Kier molecular flexibility index (Phi) is 7.82. The molecule has 1 aromatic carbocycles. The van der Waals surface area contributed by atoms with Gasteiger partial charge >= 0.3 is 41.7 Å². The topological polar surface area (TPSA) is 32.6 Å². The van der Waals surface area contributed by atoms with Gasteiger partial charge in [-0.1, -0.05) is 32.9 Å². The van der Waals surface area contributed by atoms with Gasteiger partial charge in [-0.2, -0.15) is 65.9 Å². The van der Waals surface area contributed by atoms with Crippen LogP contribution in [0.5, 0.6) is 5.75 Å². The Balaban J connectivity index is 3.42. The van der Waals surface area contributed by atoms with Crippen molar-refractivity contribution in [2.75, 3.05) is 6.54 Å². The van der Waals surface area contributed by atoms with Gasteiger partial charge in [-0.25, -0.2) is 0 Å². The number of phenols is 1. The van der Waals surface area contributed by atoms with Gasteiger partial charge in [0, 0.05) is 11.8 Å². The first-order valence-electron chi connectivity index (χ1n) is 9.27. The van der Waals surface area contributed by atoms with Crippen LogP contribution in [0, 0.1) is 0 Å². The summed E-state index contributed by atoms with van der Waals surface area (Å²) in [5, 5.41) is 10.1. The highest BCUT2D eigenvalue weighted by Crippen LogP contribution is 2.62. The van der Waals surface area contributed by atoms with Crippen molar-refractivity contribution >= 4 is 6.21 Å². The molecule has 0 amide bonds. The molecule has 0 unspecified atom stereocenters. The van der Waals surface area contributed by atoms with Gasteiger partial charge in [-0.05, 0) is 17.0 Å². The van der Waals surface area contributed by atoms with E-state index in [-0.39, 0.29) is 11.8 Å². The second kappa shape index (κ2) is 8.89. The van der Waals surface area contributed by atoms with Crippen molar-refractivity contribution < 1.29 is 71.0 Å². The lowest BCUT2D eigenvalue weighted by atomic mass is 9.85. The Labute approximate surface area is 192 Å². The standard InChI is InChI=1S/C19H16F15NO/c1-12(2,3)10-6-4-5-9(11(10)36)7-35-8-13(20,21)14(22,23)15(24,25)16(26,27)17(28,29)18(30,31)19(32,33)34/h4-7,36H,8H2,1-3H3. The lowest BCUT2D eigenvalue weighted by Crippen LogP contribution is -2.72. The normalized spacial score (nSPS) is 15.6. The van der Waals surface area contributed by atoms with Crippen molar-refractivity contribution in [1.82, 2.24) is 0 Å². The average molecular weight is 559 g/mol. The zero-order chi connectivity index (χ0) is 29.0. The van der Waals surface area contributed by atoms with E-state index in [9.17, 15) is 71.0 Å². The van der Waals surface area contributed by atoms with E-state index in [4.69, 9.17) is 0 Å². The quantitative estimate of drug-likeness (QED) is 0.260. The zero-order valence-corrected chi connectivity index (χ0v) is 18.1. The predicted molar refractivity (Wildman–Crippen MR) is 95.0 cm³/mol. The van der Waals surface area contributed by atoms with Crippen LogP contribution in [0.3, 0.4) is 0 Å². The summed E-state index contributed by atoms with van der Waals surface area (Å²) in [5.74, 6) is -47.6. The molecule has 1 rings (SSSR count). The van der Waals surface area contributed by atoms with Crippen molar-refractivity contribution in [3.05, 3.63) is 29.3 Å². The molecule has 0 saturated carbocycles. The minimum Gasteiger partial charge on any atom is -0.507 e. The molecule has 1 N–H and O–H groups in total. The number of hydrogen-bond acceptors (Lipinski definition) is 2. The van der Waals surface area contributed by atoms with Crippen LogP contribution in [0.1, 0.15) is 31.9 Å². The number of para-hydroxylation sites is 1. The van der Waals surface area contributed by atoms with Gasteiger partial charge in [-0.3, -0.25) is 4.99 Å². The molecule has 36 heavy (non-hydrogen) atoms. The number of hydrogen-bond donors (Lipinski definition) is 1. The Morgan fingerprint density at radius 2 is 1.08 bits per heavy atom. The highest BCUT2D eigenvalue weighted by atomic mass is 19.4. The second-order valence-electron chi connectivity index (χ2n) is 8.54. The Morgan fingerprint density at radius 1 is 0.667 bits per heavy atom. The molecule has 0 aliphatic rings. The molecule has 0 saturated heterocycles. The summed E-state index contributed by atoms with van der Waals surface area (Å²) < 4.78 is 198. The molecular weight excluding hydrogens is 543 g/mol. The maximum Gasteiger partial charge on any atom is 0.460 e. The number of aliphatic imine (C=N–C) groups is 1. The molecule has 208 valence electrons. The molecule has 2 nitrogen and oxygen atoms in total. The van der Waals surface area contributed by atoms with Gasteiger partial charge in [0.05, 0.1) is 0 Å². The first-order chi connectivity index (χ1) is 15.6. The van der Waals surface area contributed by atoms with Crippen LogP contribution in [0.25, 0.3) is 0 Å². The fraction of sp³-hybridized carbons (Fsp3) is 0.632. The van der Waals surface area contributed by atoms with E-state index in [1.807, 2.05) is 0 Å². The largest absolute Gasteiger partial charge is 0.507 e. The molecule has 0 heterocycles. The molecule has 0 spiro atoms. The van der Waals surface area contributed by atoms with E-state index in [1.54, 1.807) is 20.8 Å². The highest BCUT2D eigenvalue weighted by molar-refractivity contribution is 5.84. The van der Waals surface area contributed by atoms with E-state index in [0.717, 1.165) is 6.07 Å². The smallest absolute Gasteiger partial charge is 0.460 e. The number of rotatable bonds is 8. The van der Waals surface area contributed by atoms with Crippen molar-refractivity contribution in [3.63, 3.8) is 0 Å². The third kappa shape index (κ3) is 4.80. The fourth-order valence-electron chi connectivity index (χ4n) is 2.63. The van der Waals surface area contributed by atoms with E-state index in [0.29, 0.717) is 0 Å². The molecule has 0 fully saturated rings. The molecule has 0 aromatic heterocycles. The number of benzene rings is 1. The van der Waals surface area contributed by atoms with Crippen LogP contribution in [0.15, 0.2) is 23.2 Å². The van der Waals surface area contributed by atoms with Crippen molar-refractivity contribution in [2.24, 2.45) is 4.99 Å². The van der Waals surface area contributed by atoms with E-state index in [2.05, 4.69) is 4.99 Å². The Bertz CT molecular complexity index is 974. The van der Waals surface area contributed by atoms with Crippen LogP contribution >= 0.6 is 0 Å². The van der Waals surface area contributed by atoms with Crippen molar-refractivity contribution in [3.8, 4) is 5.75 Å². The first kappa shape index (κ1) is 31.7. The summed E-state index contributed by atoms with van der Waals surface area (Å²) in [4.78, 5) is 2.60. The van der Waals surface area contributed by atoms with Gasteiger partial charge in [0.15, 0.2) is 0 Å². The monoisotopic (exact) mass is 559 g/mol. The lowest BCUT2D eigenvalue weighted by molar-refractivity contribution is -0.451. The number of phenolic OH excluding ortho intramolecular Hbond substituents is 1. The Morgan fingerprint density at radius 3 is 1.50 bits per heavy atom. The van der Waals surface area contributed by atoms with E-state index in [1.165, 1.54) is 12.1 Å². The van der Waals surface area contributed by atoms with Gasteiger partial charge in [0.1, 0.15) is 12.3 Å². The SMILES string of the molecule is CC(C)(C)c1cccc(C=NCC(F)(F)C(F)(F)C(F)(F)C(F)(F)C(F)(F)C(F)(F)C(F)(F)F)c1O. The van der Waals surface area contributed by atoms with Crippen molar-refractivity contribution in [2.45, 2.75) is 67.9 Å². The van der Waals surface area contributed by atoms with Crippen LogP contribution in [-0.4, -0.2) is 59.6 Å².